The third-order valence-corrected chi connectivity index (χ3v) is 5.80. The number of hydrogen-bond acceptors (Lipinski definition) is 5. The lowest BCUT2D eigenvalue weighted by Gasteiger charge is -2.29. The quantitative estimate of drug-likeness (QED) is 0.686. The Bertz CT molecular complexity index is 1050. The Morgan fingerprint density at radius 3 is 2.90 bits per heavy atom. The van der Waals surface area contributed by atoms with E-state index in [2.05, 4.69) is 0 Å². The Balaban J connectivity index is 1.76. The van der Waals surface area contributed by atoms with Crippen LogP contribution >= 0.6 is 0 Å². The van der Waals surface area contributed by atoms with Crippen molar-refractivity contribution in [3.8, 4) is 5.75 Å². The van der Waals surface area contributed by atoms with E-state index in [0.717, 1.165) is 25.0 Å². The summed E-state index contributed by atoms with van der Waals surface area (Å²) in [6.45, 7) is 1.36. The molecule has 3 aromatic rings. The van der Waals surface area contributed by atoms with E-state index >= 15 is 0 Å². The molecule has 0 radical (unpaired) electrons. The Labute approximate surface area is 170 Å². The van der Waals surface area contributed by atoms with Crippen molar-refractivity contribution in [3.63, 3.8) is 0 Å². The van der Waals surface area contributed by atoms with Crippen LogP contribution in [0.25, 0.3) is 23.1 Å². The standard InChI is InChI=1S/C23H27N3O3/c1-28-19-7-9-21-20(13-19)23(27)26(15-17-5-2-4-16(12-17)14-24)22(25-21)10-8-18-6-3-11-29-18/h3,6-11,13,16-17H,2,4-5,12,14-15,24H2,1H3/b10-8+. The van der Waals surface area contributed by atoms with Crippen molar-refractivity contribution >= 4 is 23.1 Å². The minimum atomic E-state index is -0.0390. The van der Waals surface area contributed by atoms with Crippen LogP contribution in [0.15, 0.2) is 45.8 Å². The van der Waals surface area contributed by atoms with Crippen molar-refractivity contribution in [2.75, 3.05) is 13.7 Å². The van der Waals surface area contributed by atoms with Crippen LogP contribution in [0.3, 0.4) is 0 Å². The lowest BCUT2D eigenvalue weighted by Crippen LogP contribution is -2.31. The number of furan rings is 1. The van der Waals surface area contributed by atoms with Gasteiger partial charge in [0.15, 0.2) is 0 Å². The van der Waals surface area contributed by atoms with Crippen LogP contribution < -0.4 is 16.0 Å². The number of nitrogens with zero attached hydrogens (tertiary/aromatic N) is 2. The Morgan fingerprint density at radius 1 is 1.28 bits per heavy atom. The lowest BCUT2D eigenvalue weighted by atomic mass is 9.81. The van der Waals surface area contributed by atoms with Crippen LogP contribution in [-0.4, -0.2) is 23.2 Å². The summed E-state index contributed by atoms with van der Waals surface area (Å²) in [4.78, 5) is 18.2. The van der Waals surface area contributed by atoms with Crippen molar-refractivity contribution in [1.82, 2.24) is 9.55 Å². The molecule has 6 heteroatoms. The number of ether oxygens (including phenoxy) is 1. The molecule has 2 N–H and O–H groups in total. The van der Waals surface area contributed by atoms with Gasteiger partial charge in [0.1, 0.15) is 17.3 Å². The molecule has 1 aromatic carbocycles. The van der Waals surface area contributed by atoms with Gasteiger partial charge in [0.05, 0.1) is 24.3 Å². The van der Waals surface area contributed by atoms with Gasteiger partial charge in [-0.2, -0.15) is 0 Å². The first-order valence-corrected chi connectivity index (χ1v) is 10.2. The first-order valence-electron chi connectivity index (χ1n) is 10.2. The van der Waals surface area contributed by atoms with Gasteiger partial charge >= 0.3 is 0 Å². The molecule has 0 spiro atoms. The summed E-state index contributed by atoms with van der Waals surface area (Å²) >= 11 is 0. The summed E-state index contributed by atoms with van der Waals surface area (Å²) in [7, 11) is 1.60. The molecule has 2 unspecified atom stereocenters. The second-order valence-corrected chi connectivity index (χ2v) is 7.75. The van der Waals surface area contributed by atoms with E-state index in [1.165, 1.54) is 6.42 Å². The van der Waals surface area contributed by atoms with Gasteiger partial charge in [0.2, 0.25) is 0 Å². The molecule has 1 aliphatic carbocycles. The molecule has 2 atom stereocenters. The van der Waals surface area contributed by atoms with Gasteiger partial charge in [-0.15, -0.1) is 0 Å². The number of aromatic nitrogens is 2. The Hall–Kier alpha value is -2.86. The number of rotatable bonds is 6. The van der Waals surface area contributed by atoms with E-state index in [-0.39, 0.29) is 5.56 Å². The predicted octanol–water partition coefficient (Wildman–Crippen LogP) is 3.93. The normalized spacial score (nSPS) is 19.8. The fraction of sp³-hybridized carbons (Fsp3) is 0.391. The number of methoxy groups -OCH3 is 1. The van der Waals surface area contributed by atoms with Gasteiger partial charge in [-0.25, -0.2) is 4.98 Å². The monoisotopic (exact) mass is 393 g/mol. The second-order valence-electron chi connectivity index (χ2n) is 7.75. The molecular formula is C23H27N3O3. The highest BCUT2D eigenvalue weighted by Crippen LogP contribution is 2.30. The van der Waals surface area contributed by atoms with Crippen molar-refractivity contribution in [1.29, 1.82) is 0 Å². The minimum absolute atomic E-state index is 0.0390. The van der Waals surface area contributed by atoms with Crippen LogP contribution in [0.4, 0.5) is 0 Å². The second kappa shape index (κ2) is 8.66. The van der Waals surface area contributed by atoms with Crippen LogP contribution in [0.2, 0.25) is 0 Å². The fourth-order valence-electron chi connectivity index (χ4n) is 4.23. The molecule has 152 valence electrons. The molecule has 1 aliphatic rings. The van der Waals surface area contributed by atoms with Crippen molar-refractivity contribution < 1.29 is 9.15 Å². The number of benzene rings is 1. The lowest BCUT2D eigenvalue weighted by molar-refractivity contribution is 0.245. The van der Waals surface area contributed by atoms with E-state index in [4.69, 9.17) is 19.9 Å². The third-order valence-electron chi connectivity index (χ3n) is 5.80. The first-order chi connectivity index (χ1) is 14.2. The molecule has 6 nitrogen and oxygen atoms in total. The number of fused-ring (bicyclic) bond motifs is 1. The summed E-state index contributed by atoms with van der Waals surface area (Å²) in [5, 5.41) is 0.575. The van der Waals surface area contributed by atoms with Crippen molar-refractivity contribution in [3.05, 3.63) is 58.5 Å². The van der Waals surface area contributed by atoms with E-state index in [1.807, 2.05) is 36.4 Å². The molecule has 4 rings (SSSR count). The maximum Gasteiger partial charge on any atom is 0.261 e. The molecule has 0 amide bonds. The topological polar surface area (TPSA) is 83.3 Å². The summed E-state index contributed by atoms with van der Waals surface area (Å²) < 4.78 is 12.5. The average molecular weight is 393 g/mol. The number of hydrogen-bond donors (Lipinski definition) is 1. The smallest absolute Gasteiger partial charge is 0.261 e. The minimum Gasteiger partial charge on any atom is -0.497 e. The van der Waals surface area contributed by atoms with Gasteiger partial charge in [0.25, 0.3) is 5.56 Å². The number of nitrogens with two attached hydrogens (primary N) is 1. The van der Waals surface area contributed by atoms with Crippen LogP contribution in [0.5, 0.6) is 5.75 Å². The molecule has 0 aliphatic heterocycles. The molecule has 2 heterocycles. The summed E-state index contributed by atoms with van der Waals surface area (Å²) in [5.41, 5.74) is 6.53. The molecule has 2 aromatic heterocycles. The maximum absolute atomic E-state index is 13.4. The van der Waals surface area contributed by atoms with Crippen LogP contribution in [-0.2, 0) is 6.54 Å². The Morgan fingerprint density at radius 2 is 2.14 bits per heavy atom. The van der Waals surface area contributed by atoms with Gasteiger partial charge in [-0.05, 0) is 80.1 Å². The SMILES string of the molecule is COc1ccc2nc(/C=C/c3ccco3)n(CC3CCCC(CN)C3)c(=O)c2c1. The van der Waals surface area contributed by atoms with E-state index in [1.54, 1.807) is 24.0 Å². The highest BCUT2D eigenvalue weighted by Gasteiger charge is 2.23. The zero-order valence-electron chi connectivity index (χ0n) is 16.7. The first kappa shape index (κ1) is 19.5. The zero-order valence-corrected chi connectivity index (χ0v) is 16.7. The largest absolute Gasteiger partial charge is 0.497 e. The van der Waals surface area contributed by atoms with Gasteiger partial charge in [-0.3, -0.25) is 9.36 Å². The van der Waals surface area contributed by atoms with Crippen molar-refractivity contribution in [2.24, 2.45) is 17.6 Å². The summed E-state index contributed by atoms with van der Waals surface area (Å²) in [5.74, 6) is 2.99. The Kier molecular flexibility index (Phi) is 5.81. The fourth-order valence-corrected chi connectivity index (χ4v) is 4.23. The average Bonchev–Trinajstić information content (AvgIpc) is 3.28. The molecular weight excluding hydrogens is 366 g/mol. The van der Waals surface area contributed by atoms with Crippen molar-refractivity contribution in [2.45, 2.75) is 32.2 Å². The highest BCUT2D eigenvalue weighted by atomic mass is 16.5. The van der Waals surface area contributed by atoms with E-state index in [9.17, 15) is 4.79 Å². The predicted molar refractivity (Wildman–Crippen MR) is 115 cm³/mol. The highest BCUT2D eigenvalue weighted by molar-refractivity contribution is 5.80. The molecule has 0 bridgehead atoms. The third kappa shape index (κ3) is 4.27. The van der Waals surface area contributed by atoms with Gasteiger partial charge in [0, 0.05) is 6.54 Å². The van der Waals surface area contributed by atoms with Crippen LogP contribution in [0, 0.1) is 11.8 Å². The van der Waals surface area contributed by atoms with Gasteiger partial charge in [-0.1, -0.05) is 6.42 Å². The summed E-state index contributed by atoms with van der Waals surface area (Å²) in [6, 6.07) is 9.13. The van der Waals surface area contributed by atoms with Gasteiger partial charge < -0.3 is 14.9 Å². The molecule has 1 saturated carbocycles. The van der Waals surface area contributed by atoms with E-state index in [0.29, 0.717) is 47.4 Å². The molecule has 1 fully saturated rings. The summed E-state index contributed by atoms with van der Waals surface area (Å²) in [6.07, 6.45) is 9.83. The van der Waals surface area contributed by atoms with Crippen LogP contribution in [0.1, 0.15) is 37.3 Å². The molecule has 29 heavy (non-hydrogen) atoms. The maximum atomic E-state index is 13.4. The molecule has 0 saturated heterocycles. The van der Waals surface area contributed by atoms with E-state index < -0.39 is 0 Å². The zero-order chi connectivity index (χ0) is 20.2.